The number of hydrogen-bond donors (Lipinski definition) is 3. The number of fused-ring (bicyclic) bond motifs is 5. The predicted octanol–water partition coefficient (Wildman–Crippen LogP) is 10.1. The number of nitrogens with zero attached hydrogens (tertiary/aromatic N) is 1. The summed E-state index contributed by atoms with van der Waals surface area (Å²) in [7, 11) is 0. The molecule has 4 aliphatic carbocycles. The van der Waals surface area contributed by atoms with Gasteiger partial charge in [-0.25, -0.2) is 14.4 Å². The number of aliphatic carboxylic acids is 1. The number of aliphatic hydroxyl groups is 1. The molecule has 0 heterocycles. The molecule has 9 atom stereocenters. The van der Waals surface area contributed by atoms with E-state index >= 15 is 0 Å². The second-order valence-electron chi connectivity index (χ2n) is 19.7. The number of carboxylic acid groups (broad SMARTS) is 1. The van der Waals surface area contributed by atoms with Gasteiger partial charge in [0.2, 0.25) is 0 Å². The van der Waals surface area contributed by atoms with Crippen LogP contribution in [0.15, 0.2) is 11.6 Å². The zero-order valence-corrected chi connectivity index (χ0v) is 34.8. The minimum absolute atomic E-state index is 0.0744. The van der Waals surface area contributed by atoms with Gasteiger partial charge in [-0.15, -0.1) is 0 Å². The molecule has 4 rings (SSSR count). The molecule has 0 spiro atoms. The fraction of sp³-hybridized carbons (Fsp3) is 0.884. The number of imide groups is 1. The van der Waals surface area contributed by atoms with Crippen molar-refractivity contribution >= 4 is 18.2 Å². The highest BCUT2D eigenvalue weighted by molar-refractivity contribution is 5.93. The van der Waals surface area contributed by atoms with Crippen molar-refractivity contribution in [3.8, 4) is 0 Å². The Morgan fingerprint density at radius 2 is 1.48 bits per heavy atom. The Morgan fingerprint density at radius 3 is 2.02 bits per heavy atom. The van der Waals surface area contributed by atoms with Crippen molar-refractivity contribution in [3.05, 3.63) is 11.6 Å². The molecule has 0 aromatic carbocycles. The summed E-state index contributed by atoms with van der Waals surface area (Å²) in [4.78, 5) is 36.9. The molecular weight excluding hydrogens is 656 g/mol. The van der Waals surface area contributed by atoms with Crippen molar-refractivity contribution in [1.82, 2.24) is 4.90 Å². The first kappa shape index (κ1) is 44.3. The fourth-order valence-electron chi connectivity index (χ4n) is 10.5. The Labute approximate surface area is 316 Å². The van der Waals surface area contributed by atoms with Gasteiger partial charge < -0.3 is 25.4 Å². The van der Waals surface area contributed by atoms with Crippen molar-refractivity contribution in [1.29, 1.82) is 0 Å². The Kier molecular flexibility index (Phi) is 15.3. The summed E-state index contributed by atoms with van der Waals surface area (Å²) in [6, 6.07) is -1.37. The molecule has 0 saturated heterocycles. The average Bonchev–Trinajstić information content (AvgIpc) is 3.36. The van der Waals surface area contributed by atoms with Gasteiger partial charge in [-0.05, 0) is 165 Å². The molecule has 4 aliphatic rings. The molecule has 9 heteroatoms. The largest absolute Gasteiger partial charge is 0.480 e. The smallest absolute Gasteiger partial charge is 0.420 e. The molecule has 300 valence electrons. The zero-order valence-electron chi connectivity index (χ0n) is 34.8. The van der Waals surface area contributed by atoms with Crippen LogP contribution in [0.1, 0.15) is 166 Å². The first-order chi connectivity index (χ1) is 24.0. The molecule has 3 fully saturated rings. The number of rotatable bonds is 11. The van der Waals surface area contributed by atoms with E-state index in [1.807, 2.05) is 0 Å². The number of ether oxygens (including phenoxy) is 2. The van der Waals surface area contributed by atoms with Crippen molar-refractivity contribution in [2.45, 2.75) is 189 Å². The number of carboxylic acids is 1. The van der Waals surface area contributed by atoms with Crippen LogP contribution in [-0.4, -0.2) is 63.2 Å². The fourth-order valence-corrected chi connectivity index (χ4v) is 10.5. The second kappa shape index (κ2) is 18.0. The third-order valence-electron chi connectivity index (χ3n) is 13.0. The molecule has 52 heavy (non-hydrogen) atoms. The molecule has 3 saturated carbocycles. The van der Waals surface area contributed by atoms with Gasteiger partial charge in [0.1, 0.15) is 17.2 Å². The summed E-state index contributed by atoms with van der Waals surface area (Å²) in [5, 5.41) is 19.7. The molecule has 0 aromatic heterocycles. The van der Waals surface area contributed by atoms with Crippen LogP contribution in [-0.2, 0) is 14.3 Å². The van der Waals surface area contributed by atoms with Crippen LogP contribution in [0, 0.1) is 46.3 Å². The van der Waals surface area contributed by atoms with Crippen LogP contribution in [0.25, 0.3) is 0 Å². The van der Waals surface area contributed by atoms with Crippen LogP contribution < -0.4 is 5.73 Å². The lowest BCUT2D eigenvalue weighted by Crippen LogP contribution is -2.52. The number of hydrogen-bond acceptors (Lipinski definition) is 7. The maximum atomic E-state index is 12.4. The van der Waals surface area contributed by atoms with Crippen LogP contribution in [0.4, 0.5) is 9.59 Å². The standard InChI is InChI=1S/C27H46O.C16H30N2O6/c1-18(2)7-6-8-19(3)23-11-12-24-22-10-9-20-17-21(28)13-15-26(20,4)25(22)14-16-27(23,24)5;1-15(2,3)23-13(21)18(14(22)24-16(4,5)6)11(12(19)20)9-7-8-10-17/h9,18-19,21-25,28H,6-8,10-17H2,1-5H3;11H,7-10,17H2,1-6H3,(H,19,20)/t19-,21+,22+,23-,24+,25+,26+,27-;11-/m10/s1. The van der Waals surface area contributed by atoms with Crippen LogP contribution >= 0.6 is 0 Å². The van der Waals surface area contributed by atoms with Gasteiger partial charge >= 0.3 is 18.2 Å². The maximum Gasteiger partial charge on any atom is 0.420 e. The number of carbonyl (C=O) groups is 3. The van der Waals surface area contributed by atoms with E-state index in [-0.39, 0.29) is 12.5 Å². The van der Waals surface area contributed by atoms with Gasteiger partial charge in [-0.3, -0.25) is 0 Å². The highest BCUT2D eigenvalue weighted by atomic mass is 16.6. The van der Waals surface area contributed by atoms with Crippen molar-refractivity contribution in [3.63, 3.8) is 0 Å². The van der Waals surface area contributed by atoms with Crippen molar-refractivity contribution < 1.29 is 34.1 Å². The van der Waals surface area contributed by atoms with E-state index in [2.05, 4.69) is 40.7 Å². The van der Waals surface area contributed by atoms with Gasteiger partial charge in [0.15, 0.2) is 0 Å². The molecule has 9 nitrogen and oxygen atoms in total. The Morgan fingerprint density at radius 1 is 0.865 bits per heavy atom. The van der Waals surface area contributed by atoms with Crippen molar-refractivity contribution in [2.24, 2.45) is 52.1 Å². The zero-order chi connectivity index (χ0) is 39.2. The van der Waals surface area contributed by atoms with Gasteiger partial charge in [-0.1, -0.05) is 65.5 Å². The number of nitrogens with two attached hydrogens (primary N) is 1. The highest BCUT2D eigenvalue weighted by Crippen LogP contribution is 2.67. The summed E-state index contributed by atoms with van der Waals surface area (Å²) in [5.41, 5.74) is 6.26. The van der Waals surface area contributed by atoms with Crippen molar-refractivity contribution in [2.75, 3.05) is 6.54 Å². The number of allylic oxidation sites excluding steroid dienone is 1. The lowest BCUT2D eigenvalue weighted by Gasteiger charge is -2.58. The van der Waals surface area contributed by atoms with Gasteiger partial charge in [0, 0.05) is 0 Å². The minimum Gasteiger partial charge on any atom is -0.480 e. The summed E-state index contributed by atoms with van der Waals surface area (Å²) in [5.74, 6) is 4.16. The van der Waals surface area contributed by atoms with E-state index in [0.29, 0.717) is 35.1 Å². The molecule has 0 bridgehead atoms. The van der Waals surface area contributed by atoms with Crippen LogP contribution in [0.5, 0.6) is 0 Å². The second-order valence-corrected chi connectivity index (χ2v) is 19.7. The van der Waals surface area contributed by atoms with Gasteiger partial charge in [-0.2, -0.15) is 4.90 Å². The third kappa shape index (κ3) is 11.2. The molecule has 0 unspecified atom stereocenters. The van der Waals surface area contributed by atoms with Gasteiger partial charge in [0.25, 0.3) is 0 Å². The van der Waals surface area contributed by atoms with Crippen LogP contribution in [0.3, 0.4) is 0 Å². The van der Waals surface area contributed by atoms with E-state index < -0.39 is 35.4 Å². The first-order valence-electron chi connectivity index (χ1n) is 20.6. The van der Waals surface area contributed by atoms with E-state index in [0.717, 1.165) is 48.3 Å². The first-order valence-corrected chi connectivity index (χ1v) is 20.6. The lowest BCUT2D eigenvalue weighted by molar-refractivity contribution is -0.143. The summed E-state index contributed by atoms with van der Waals surface area (Å²) in [6.45, 7) is 22.7. The van der Waals surface area contributed by atoms with E-state index in [4.69, 9.17) is 15.2 Å². The average molecular weight is 733 g/mol. The molecular formula is C43H76N2O7. The Bertz CT molecular complexity index is 1210. The number of carbonyl (C=O) groups excluding carboxylic acids is 2. The number of aliphatic hydroxyl groups excluding tert-OH is 1. The molecule has 0 radical (unpaired) electrons. The Balaban J connectivity index is 0.000000285. The molecule has 2 amide bonds. The Hall–Kier alpha value is -2.13. The monoisotopic (exact) mass is 733 g/mol. The number of amides is 2. The highest BCUT2D eigenvalue weighted by Gasteiger charge is 2.59. The normalized spacial score (nSPS) is 31.1. The predicted molar refractivity (Wildman–Crippen MR) is 208 cm³/mol. The minimum atomic E-state index is -1.37. The quantitative estimate of drug-likeness (QED) is 0.141. The maximum absolute atomic E-state index is 12.4. The topological polar surface area (TPSA) is 139 Å². The van der Waals surface area contributed by atoms with Crippen LogP contribution in [0.2, 0.25) is 0 Å². The molecule has 0 aromatic rings. The summed E-state index contributed by atoms with van der Waals surface area (Å²) < 4.78 is 10.3. The number of unbranched alkanes of at least 4 members (excludes halogenated alkanes) is 1. The molecule has 0 aliphatic heterocycles. The van der Waals surface area contributed by atoms with E-state index in [1.165, 1.54) is 57.8 Å². The summed E-state index contributed by atoms with van der Waals surface area (Å²) >= 11 is 0. The SMILES string of the molecule is CC(C)(C)OC(=O)N(C(=O)OC(C)(C)C)[C@@H](CCCCN)C(=O)O.CC(C)CCC[C@@H](C)[C@H]1CC[C@H]2[C@@H]3CC=C4C[C@@H](O)CC[C@]4(C)[C@H]3CC[C@]12C. The molecule has 4 N–H and O–H groups in total. The third-order valence-corrected chi connectivity index (χ3v) is 13.0. The lowest BCUT2D eigenvalue weighted by atomic mass is 9.47. The van der Waals surface area contributed by atoms with E-state index in [9.17, 15) is 24.6 Å². The van der Waals surface area contributed by atoms with E-state index in [1.54, 1.807) is 47.1 Å². The summed E-state index contributed by atoms with van der Waals surface area (Å²) in [6.07, 6.45) is 16.2. The van der Waals surface area contributed by atoms with Gasteiger partial charge in [0.05, 0.1) is 6.10 Å².